The van der Waals surface area contributed by atoms with Crippen molar-refractivity contribution in [2.75, 3.05) is 12.0 Å². The van der Waals surface area contributed by atoms with Gasteiger partial charge in [0.15, 0.2) is 0 Å². The van der Waals surface area contributed by atoms with Gasteiger partial charge >= 0.3 is 0 Å². The van der Waals surface area contributed by atoms with Crippen molar-refractivity contribution in [1.82, 2.24) is 4.57 Å². The van der Waals surface area contributed by atoms with Gasteiger partial charge in [-0.2, -0.15) is 11.8 Å². The Bertz CT molecular complexity index is 208. The van der Waals surface area contributed by atoms with Gasteiger partial charge < -0.3 is 4.57 Å². The summed E-state index contributed by atoms with van der Waals surface area (Å²) in [6, 6.07) is 4.35. The first kappa shape index (κ1) is 8.72. The van der Waals surface area contributed by atoms with E-state index in [1.165, 1.54) is 17.1 Å². The number of thioether (sulfide) groups is 1. The Kier molecular flexibility index (Phi) is 3.06. The molecule has 62 valence electrons. The Morgan fingerprint density at radius 1 is 1.27 bits per heavy atom. The van der Waals surface area contributed by atoms with E-state index in [0.29, 0.717) is 0 Å². The summed E-state index contributed by atoms with van der Waals surface area (Å²) in [5, 5.41) is 0. The highest BCUT2D eigenvalue weighted by Gasteiger charge is 1.98. The van der Waals surface area contributed by atoms with Crippen LogP contribution in [0.25, 0.3) is 0 Å². The first-order valence-corrected chi connectivity index (χ1v) is 5.26. The van der Waals surface area contributed by atoms with Gasteiger partial charge in [-0.15, -0.1) is 0 Å². The van der Waals surface area contributed by atoms with Crippen molar-refractivity contribution in [3.8, 4) is 0 Å². The molecule has 0 amide bonds. The van der Waals surface area contributed by atoms with Crippen molar-refractivity contribution in [3.05, 3.63) is 23.5 Å². The fourth-order valence-corrected chi connectivity index (χ4v) is 1.60. The third-order valence-electron chi connectivity index (χ3n) is 1.94. The van der Waals surface area contributed by atoms with Crippen LogP contribution in [0.4, 0.5) is 0 Å². The molecule has 1 aromatic heterocycles. The summed E-state index contributed by atoms with van der Waals surface area (Å²) < 4.78 is 2.36. The number of aromatic nitrogens is 1. The van der Waals surface area contributed by atoms with E-state index >= 15 is 0 Å². The molecule has 0 fully saturated rings. The standard InChI is InChI=1S/C9H15NS/c1-8-4-5-9(2)10(8)6-7-11-3/h4-5H,6-7H2,1-3H3. The lowest BCUT2D eigenvalue weighted by Gasteiger charge is -2.06. The minimum absolute atomic E-state index is 1.14. The van der Waals surface area contributed by atoms with Gasteiger partial charge in [0, 0.05) is 23.7 Å². The molecule has 0 spiro atoms. The maximum atomic E-state index is 2.36. The molecule has 0 saturated heterocycles. The lowest BCUT2D eigenvalue weighted by atomic mass is 10.5. The monoisotopic (exact) mass is 169 g/mol. The van der Waals surface area contributed by atoms with Crippen LogP contribution in [0.3, 0.4) is 0 Å². The predicted octanol–water partition coefficient (Wildman–Crippen LogP) is 2.47. The van der Waals surface area contributed by atoms with Crippen LogP contribution in [0.15, 0.2) is 12.1 Å². The SMILES string of the molecule is CSCCn1c(C)ccc1C. The molecule has 1 aromatic rings. The summed E-state index contributed by atoms with van der Waals surface area (Å²) in [6.45, 7) is 5.46. The van der Waals surface area contributed by atoms with E-state index in [0.717, 1.165) is 6.54 Å². The van der Waals surface area contributed by atoms with Crippen LogP contribution in [0, 0.1) is 13.8 Å². The van der Waals surface area contributed by atoms with Crippen LogP contribution in [-0.2, 0) is 6.54 Å². The zero-order valence-electron chi connectivity index (χ0n) is 7.42. The molecule has 2 heteroatoms. The molecular formula is C9H15NS. The molecule has 0 aliphatic heterocycles. The quantitative estimate of drug-likeness (QED) is 0.673. The van der Waals surface area contributed by atoms with Crippen LogP contribution in [0.5, 0.6) is 0 Å². The van der Waals surface area contributed by atoms with E-state index in [2.05, 4.69) is 36.8 Å². The van der Waals surface area contributed by atoms with E-state index in [9.17, 15) is 0 Å². The summed E-state index contributed by atoms with van der Waals surface area (Å²) >= 11 is 1.90. The topological polar surface area (TPSA) is 4.93 Å². The normalized spacial score (nSPS) is 10.5. The van der Waals surface area contributed by atoms with Gasteiger partial charge in [-0.05, 0) is 32.2 Å². The van der Waals surface area contributed by atoms with Crippen molar-refractivity contribution in [2.24, 2.45) is 0 Å². The highest BCUT2D eigenvalue weighted by atomic mass is 32.2. The van der Waals surface area contributed by atoms with Gasteiger partial charge in [-0.3, -0.25) is 0 Å². The number of hydrogen-bond donors (Lipinski definition) is 0. The van der Waals surface area contributed by atoms with E-state index in [-0.39, 0.29) is 0 Å². The van der Waals surface area contributed by atoms with Gasteiger partial charge in [-0.25, -0.2) is 0 Å². The van der Waals surface area contributed by atoms with E-state index < -0.39 is 0 Å². The van der Waals surface area contributed by atoms with Crippen LogP contribution in [0.2, 0.25) is 0 Å². The average molecular weight is 169 g/mol. The Morgan fingerprint density at radius 2 is 1.82 bits per heavy atom. The highest BCUT2D eigenvalue weighted by Crippen LogP contribution is 2.07. The highest BCUT2D eigenvalue weighted by molar-refractivity contribution is 7.98. The molecule has 0 radical (unpaired) electrons. The van der Waals surface area contributed by atoms with Gasteiger partial charge in [0.25, 0.3) is 0 Å². The van der Waals surface area contributed by atoms with Crippen LogP contribution >= 0.6 is 11.8 Å². The van der Waals surface area contributed by atoms with Crippen molar-refractivity contribution >= 4 is 11.8 Å². The fraction of sp³-hybridized carbons (Fsp3) is 0.556. The second kappa shape index (κ2) is 3.86. The van der Waals surface area contributed by atoms with Crippen molar-refractivity contribution < 1.29 is 0 Å². The molecule has 0 N–H and O–H groups in total. The molecular weight excluding hydrogens is 154 g/mol. The van der Waals surface area contributed by atoms with E-state index in [1.54, 1.807) is 0 Å². The lowest BCUT2D eigenvalue weighted by Crippen LogP contribution is -2.03. The van der Waals surface area contributed by atoms with Gasteiger partial charge in [-0.1, -0.05) is 0 Å². The average Bonchev–Trinajstić information content (AvgIpc) is 2.29. The number of rotatable bonds is 3. The molecule has 0 atom stereocenters. The molecule has 0 unspecified atom stereocenters. The summed E-state index contributed by atoms with van der Waals surface area (Å²) in [4.78, 5) is 0. The molecule has 0 aliphatic carbocycles. The smallest absolute Gasteiger partial charge is 0.0315 e. The minimum atomic E-state index is 1.14. The Labute approximate surface area is 72.8 Å². The Morgan fingerprint density at radius 3 is 2.27 bits per heavy atom. The zero-order chi connectivity index (χ0) is 8.27. The Hall–Kier alpha value is -0.370. The second-order valence-corrected chi connectivity index (χ2v) is 3.75. The minimum Gasteiger partial charge on any atom is -0.348 e. The summed E-state index contributed by atoms with van der Waals surface area (Å²) in [5.41, 5.74) is 2.74. The maximum absolute atomic E-state index is 2.36. The first-order valence-electron chi connectivity index (χ1n) is 3.87. The van der Waals surface area contributed by atoms with Crippen molar-refractivity contribution in [3.63, 3.8) is 0 Å². The van der Waals surface area contributed by atoms with Crippen molar-refractivity contribution in [2.45, 2.75) is 20.4 Å². The third-order valence-corrected chi connectivity index (χ3v) is 2.53. The summed E-state index contributed by atoms with van der Waals surface area (Å²) in [5.74, 6) is 1.20. The molecule has 11 heavy (non-hydrogen) atoms. The maximum Gasteiger partial charge on any atom is 0.0315 e. The van der Waals surface area contributed by atoms with E-state index in [1.807, 2.05) is 11.8 Å². The third kappa shape index (κ3) is 2.03. The van der Waals surface area contributed by atoms with Crippen LogP contribution in [-0.4, -0.2) is 16.6 Å². The van der Waals surface area contributed by atoms with E-state index in [4.69, 9.17) is 0 Å². The molecule has 0 aromatic carbocycles. The Balaban J connectivity index is 2.67. The fourth-order valence-electron chi connectivity index (χ4n) is 1.23. The second-order valence-electron chi connectivity index (χ2n) is 2.76. The molecule has 0 saturated carbocycles. The molecule has 1 nitrogen and oxygen atoms in total. The molecule has 1 heterocycles. The summed E-state index contributed by atoms with van der Waals surface area (Å²) in [7, 11) is 0. The molecule has 0 aliphatic rings. The number of nitrogens with zero attached hydrogens (tertiary/aromatic N) is 1. The van der Waals surface area contributed by atoms with Gasteiger partial charge in [0.05, 0.1) is 0 Å². The largest absolute Gasteiger partial charge is 0.348 e. The van der Waals surface area contributed by atoms with Gasteiger partial charge in [0.2, 0.25) is 0 Å². The van der Waals surface area contributed by atoms with Crippen LogP contribution in [0.1, 0.15) is 11.4 Å². The van der Waals surface area contributed by atoms with Gasteiger partial charge in [0.1, 0.15) is 0 Å². The molecule has 1 rings (SSSR count). The van der Waals surface area contributed by atoms with Crippen LogP contribution < -0.4 is 0 Å². The predicted molar refractivity (Wildman–Crippen MR) is 52.3 cm³/mol. The summed E-state index contributed by atoms with van der Waals surface area (Å²) in [6.07, 6.45) is 2.15. The lowest BCUT2D eigenvalue weighted by molar-refractivity contribution is 0.727. The number of aryl methyl sites for hydroxylation is 2. The zero-order valence-corrected chi connectivity index (χ0v) is 8.24. The van der Waals surface area contributed by atoms with Crippen molar-refractivity contribution in [1.29, 1.82) is 0 Å². The molecule has 0 bridgehead atoms. The number of hydrogen-bond acceptors (Lipinski definition) is 1. The first-order chi connectivity index (χ1) is 5.25.